The van der Waals surface area contributed by atoms with Crippen LogP contribution in [0.1, 0.15) is 32.2 Å². The molecular weight excluding hydrogens is 492 g/mol. The van der Waals surface area contributed by atoms with Gasteiger partial charge in [-0.3, -0.25) is 9.78 Å². The van der Waals surface area contributed by atoms with Gasteiger partial charge >= 0.3 is 0 Å². The molecule has 2 aromatic heterocycles. The standard InChI is InChI=1S/C26H32N6O4S/c1-17(19-13-25(33)28-14-19)36-24-12-18(11-23-26(24)32(16-29-23)20-3-4-20)22-6-5-21(15-27-22)30-7-9-31(10-8-30)37(2,34)35/h5-6,11-12,15-17,19-20H,3-4,7-10,13-14H2,1-2H3,(H,28,33)/t17-,19?/m1/s1. The number of pyridine rings is 1. The summed E-state index contributed by atoms with van der Waals surface area (Å²) in [6, 6.07) is 8.58. The lowest BCUT2D eigenvalue weighted by Gasteiger charge is -2.34. The quantitative estimate of drug-likeness (QED) is 0.506. The largest absolute Gasteiger partial charge is 0.488 e. The molecule has 2 saturated heterocycles. The van der Waals surface area contributed by atoms with Crippen LogP contribution in [0.2, 0.25) is 0 Å². The van der Waals surface area contributed by atoms with Crippen LogP contribution in [0.3, 0.4) is 0 Å². The summed E-state index contributed by atoms with van der Waals surface area (Å²) in [7, 11) is -3.16. The lowest BCUT2D eigenvalue weighted by molar-refractivity contribution is -0.119. The second-order valence-corrected chi connectivity index (χ2v) is 12.3. The second kappa shape index (κ2) is 9.29. The SMILES string of the molecule is C[C@@H](Oc1cc(-c2ccc(N3CCN(S(C)(=O)=O)CC3)cn2)cc2ncn(C3CC3)c12)C1CNC(=O)C1. The highest BCUT2D eigenvalue weighted by Gasteiger charge is 2.31. The maximum Gasteiger partial charge on any atom is 0.220 e. The Labute approximate surface area is 216 Å². The Kier molecular flexibility index (Phi) is 6.07. The lowest BCUT2D eigenvalue weighted by atomic mass is 10.0. The van der Waals surface area contributed by atoms with Gasteiger partial charge < -0.3 is 19.5 Å². The molecule has 3 aliphatic rings. The van der Waals surface area contributed by atoms with Crippen molar-refractivity contribution < 1.29 is 17.9 Å². The van der Waals surface area contributed by atoms with E-state index in [1.54, 1.807) is 0 Å². The van der Waals surface area contributed by atoms with Gasteiger partial charge in [-0.05, 0) is 44.0 Å². The van der Waals surface area contributed by atoms with E-state index in [1.165, 1.54) is 10.6 Å². The van der Waals surface area contributed by atoms with E-state index in [4.69, 9.17) is 9.72 Å². The van der Waals surface area contributed by atoms with Crippen molar-refractivity contribution >= 4 is 32.7 Å². The molecule has 3 fully saturated rings. The van der Waals surface area contributed by atoms with E-state index in [1.807, 2.05) is 37.6 Å². The molecule has 2 aliphatic heterocycles. The molecule has 1 unspecified atom stereocenters. The van der Waals surface area contributed by atoms with Crippen LogP contribution >= 0.6 is 0 Å². The van der Waals surface area contributed by atoms with Gasteiger partial charge in [-0.25, -0.2) is 13.4 Å². The molecule has 196 valence electrons. The molecule has 1 amide bonds. The second-order valence-electron chi connectivity index (χ2n) is 10.4. The van der Waals surface area contributed by atoms with Gasteiger partial charge in [-0.15, -0.1) is 0 Å². The third kappa shape index (κ3) is 4.89. The van der Waals surface area contributed by atoms with Crippen molar-refractivity contribution in [2.24, 2.45) is 5.92 Å². The van der Waals surface area contributed by atoms with Crippen LogP contribution in [0.15, 0.2) is 36.8 Å². The number of sulfonamides is 1. The Balaban J connectivity index is 1.26. The van der Waals surface area contributed by atoms with Crippen molar-refractivity contribution in [2.45, 2.75) is 38.3 Å². The molecule has 4 heterocycles. The van der Waals surface area contributed by atoms with Gasteiger partial charge in [0.2, 0.25) is 15.9 Å². The highest BCUT2D eigenvalue weighted by molar-refractivity contribution is 7.88. The number of anilines is 1. The minimum Gasteiger partial charge on any atom is -0.488 e. The van der Waals surface area contributed by atoms with Crippen molar-refractivity contribution in [1.29, 1.82) is 0 Å². The number of amides is 1. The number of fused-ring (bicyclic) bond motifs is 1. The van der Waals surface area contributed by atoms with Gasteiger partial charge in [-0.1, -0.05) is 0 Å². The topological polar surface area (TPSA) is 110 Å². The number of nitrogens with one attached hydrogen (secondary N) is 1. The Morgan fingerprint density at radius 2 is 1.89 bits per heavy atom. The molecule has 1 aliphatic carbocycles. The van der Waals surface area contributed by atoms with E-state index >= 15 is 0 Å². The first-order valence-electron chi connectivity index (χ1n) is 12.9. The Bertz CT molecular complexity index is 1430. The number of piperazine rings is 1. The van der Waals surface area contributed by atoms with Crippen molar-refractivity contribution in [1.82, 2.24) is 24.2 Å². The van der Waals surface area contributed by atoms with E-state index < -0.39 is 10.0 Å². The lowest BCUT2D eigenvalue weighted by Crippen LogP contribution is -2.48. The first kappa shape index (κ1) is 24.2. The average molecular weight is 525 g/mol. The summed E-state index contributed by atoms with van der Waals surface area (Å²) < 4.78 is 33.9. The molecule has 0 bridgehead atoms. The first-order chi connectivity index (χ1) is 17.8. The van der Waals surface area contributed by atoms with Crippen molar-refractivity contribution in [3.8, 4) is 17.0 Å². The van der Waals surface area contributed by atoms with E-state index in [0.29, 0.717) is 45.2 Å². The van der Waals surface area contributed by atoms with Gasteiger partial charge in [0.25, 0.3) is 0 Å². The zero-order chi connectivity index (χ0) is 25.7. The highest BCUT2D eigenvalue weighted by Crippen LogP contribution is 2.41. The predicted molar refractivity (Wildman–Crippen MR) is 141 cm³/mol. The third-order valence-corrected chi connectivity index (χ3v) is 8.98. The molecule has 0 spiro atoms. The Morgan fingerprint density at radius 1 is 1.11 bits per heavy atom. The fourth-order valence-electron chi connectivity index (χ4n) is 5.28. The Morgan fingerprint density at radius 3 is 2.51 bits per heavy atom. The van der Waals surface area contributed by atoms with Crippen LogP contribution in [-0.4, -0.2) is 78.2 Å². The van der Waals surface area contributed by atoms with E-state index in [9.17, 15) is 13.2 Å². The molecule has 2 atom stereocenters. The molecule has 37 heavy (non-hydrogen) atoms. The highest BCUT2D eigenvalue weighted by atomic mass is 32.2. The minimum atomic E-state index is -3.16. The predicted octanol–water partition coefficient (Wildman–Crippen LogP) is 2.42. The fourth-order valence-corrected chi connectivity index (χ4v) is 6.10. The molecule has 6 rings (SSSR count). The third-order valence-electron chi connectivity index (χ3n) is 7.68. The van der Waals surface area contributed by atoms with Crippen molar-refractivity contribution in [2.75, 3.05) is 43.9 Å². The van der Waals surface area contributed by atoms with Crippen molar-refractivity contribution in [3.63, 3.8) is 0 Å². The van der Waals surface area contributed by atoms with Gasteiger partial charge in [0.05, 0.1) is 35.7 Å². The maximum absolute atomic E-state index is 11.8. The first-order valence-corrected chi connectivity index (χ1v) is 14.7. The summed E-state index contributed by atoms with van der Waals surface area (Å²) in [5.41, 5.74) is 4.58. The molecule has 1 N–H and O–H groups in total. The molecule has 11 heteroatoms. The molecule has 3 aromatic rings. The summed E-state index contributed by atoms with van der Waals surface area (Å²) in [4.78, 5) is 23.3. The average Bonchev–Trinajstić information content (AvgIpc) is 3.48. The van der Waals surface area contributed by atoms with Gasteiger partial charge in [-0.2, -0.15) is 4.31 Å². The van der Waals surface area contributed by atoms with E-state index in [2.05, 4.69) is 25.8 Å². The minimum absolute atomic E-state index is 0.0735. The van der Waals surface area contributed by atoms with Crippen LogP contribution in [0.25, 0.3) is 22.3 Å². The summed E-state index contributed by atoms with van der Waals surface area (Å²) in [5, 5.41) is 2.90. The van der Waals surface area contributed by atoms with E-state index in [0.717, 1.165) is 46.6 Å². The zero-order valence-corrected chi connectivity index (χ0v) is 21.9. The number of carbonyl (C=O) groups is 1. The number of imidazole rings is 1. The van der Waals surface area contributed by atoms with Crippen molar-refractivity contribution in [3.05, 3.63) is 36.8 Å². The molecule has 1 saturated carbocycles. The number of aromatic nitrogens is 3. The summed E-state index contributed by atoms with van der Waals surface area (Å²) >= 11 is 0. The normalized spacial score (nSPS) is 21.8. The van der Waals surface area contributed by atoms with Gasteiger partial charge in [0.15, 0.2) is 0 Å². The van der Waals surface area contributed by atoms with Gasteiger partial charge in [0.1, 0.15) is 17.4 Å². The molecule has 0 radical (unpaired) electrons. The number of benzene rings is 1. The van der Waals surface area contributed by atoms with Gasteiger partial charge in [0, 0.05) is 56.7 Å². The molecule has 1 aromatic carbocycles. The fraction of sp³-hybridized carbons (Fsp3) is 0.500. The van der Waals surface area contributed by atoms with Crippen LogP contribution in [0.4, 0.5) is 5.69 Å². The summed E-state index contributed by atoms with van der Waals surface area (Å²) in [6.45, 7) is 4.87. The smallest absolute Gasteiger partial charge is 0.220 e. The van der Waals surface area contributed by atoms with Crippen LogP contribution in [0, 0.1) is 5.92 Å². The molecular formula is C26H32N6O4S. The Hall–Kier alpha value is -3.18. The number of rotatable bonds is 7. The number of hydrogen-bond donors (Lipinski definition) is 1. The molecule has 10 nitrogen and oxygen atoms in total. The number of hydrogen-bond acceptors (Lipinski definition) is 7. The summed E-state index contributed by atoms with van der Waals surface area (Å²) in [5.74, 6) is 0.972. The van der Waals surface area contributed by atoms with Crippen LogP contribution in [0.5, 0.6) is 5.75 Å². The monoisotopic (exact) mass is 524 g/mol. The van der Waals surface area contributed by atoms with Crippen LogP contribution in [-0.2, 0) is 14.8 Å². The zero-order valence-electron chi connectivity index (χ0n) is 21.1. The van der Waals surface area contributed by atoms with E-state index in [-0.39, 0.29) is 17.9 Å². The number of nitrogens with zero attached hydrogens (tertiary/aromatic N) is 5. The number of ether oxygens (including phenoxy) is 1. The van der Waals surface area contributed by atoms with Crippen LogP contribution < -0.4 is 15.0 Å². The maximum atomic E-state index is 11.8. The summed E-state index contributed by atoms with van der Waals surface area (Å²) in [6.07, 6.45) is 7.64. The number of carbonyl (C=O) groups excluding carboxylic acids is 1.